The van der Waals surface area contributed by atoms with Crippen LogP contribution in [-0.4, -0.2) is 36.4 Å². The number of rotatable bonds is 6. The molecule has 3 fully saturated rings. The minimum absolute atomic E-state index is 0.110. The van der Waals surface area contributed by atoms with Crippen LogP contribution in [0.15, 0.2) is 24.3 Å². The number of aliphatic carboxylic acids is 1. The highest BCUT2D eigenvalue weighted by Gasteiger charge is 2.25. The van der Waals surface area contributed by atoms with Gasteiger partial charge in [0.25, 0.3) is 0 Å². The molecule has 0 aromatic rings. The van der Waals surface area contributed by atoms with Gasteiger partial charge in [-0.05, 0) is 50.4 Å². The summed E-state index contributed by atoms with van der Waals surface area (Å²) in [6.07, 6.45) is 14.9. The quantitative estimate of drug-likeness (QED) is 0.563. The van der Waals surface area contributed by atoms with E-state index in [1.54, 1.807) is 0 Å². The first-order valence-electron chi connectivity index (χ1n) is 9.96. The number of hydrogen-bond acceptors (Lipinski definition) is 4. The molecular formula is C21H32O5. The van der Waals surface area contributed by atoms with Crippen LogP contribution in [0.3, 0.4) is 0 Å². The molecule has 0 spiro atoms. The highest BCUT2D eigenvalue weighted by atomic mass is 16.6. The van der Waals surface area contributed by atoms with E-state index in [0.717, 1.165) is 43.9 Å². The Hall–Kier alpha value is -1.62. The van der Waals surface area contributed by atoms with Gasteiger partial charge in [-0.3, -0.25) is 0 Å². The van der Waals surface area contributed by atoms with E-state index in [2.05, 4.69) is 12.7 Å². The van der Waals surface area contributed by atoms with Gasteiger partial charge >= 0.3 is 11.9 Å². The number of allylic oxidation sites excluding steroid dienone is 1. The zero-order chi connectivity index (χ0) is 18.8. The summed E-state index contributed by atoms with van der Waals surface area (Å²) in [6.45, 7) is 4.44. The van der Waals surface area contributed by atoms with Crippen molar-refractivity contribution in [1.82, 2.24) is 0 Å². The largest absolute Gasteiger partial charge is 0.478 e. The molecule has 26 heavy (non-hydrogen) atoms. The Labute approximate surface area is 156 Å². The Morgan fingerprint density at radius 2 is 1.69 bits per heavy atom. The number of carbonyl (C=O) groups is 2. The molecule has 1 aliphatic heterocycles. The smallest absolute Gasteiger partial charge is 0.331 e. The van der Waals surface area contributed by atoms with Gasteiger partial charge in [0.2, 0.25) is 0 Å². The van der Waals surface area contributed by atoms with Crippen molar-refractivity contribution in [2.45, 2.75) is 70.3 Å². The zero-order valence-corrected chi connectivity index (χ0v) is 15.7. The molecule has 5 heteroatoms. The van der Waals surface area contributed by atoms with E-state index >= 15 is 0 Å². The maximum atomic E-state index is 11.2. The highest BCUT2D eigenvalue weighted by molar-refractivity contribution is 5.87. The van der Waals surface area contributed by atoms with Crippen LogP contribution >= 0.6 is 0 Å². The zero-order valence-electron chi connectivity index (χ0n) is 15.7. The molecule has 1 heterocycles. The Morgan fingerprint density at radius 3 is 2.23 bits per heavy atom. The minimum atomic E-state index is -0.672. The number of esters is 1. The van der Waals surface area contributed by atoms with E-state index in [1.807, 2.05) is 0 Å². The molecule has 1 atom stereocenters. The molecule has 2 saturated carbocycles. The molecule has 1 saturated heterocycles. The van der Waals surface area contributed by atoms with Gasteiger partial charge in [-0.2, -0.15) is 0 Å². The number of carbonyl (C=O) groups excluding carboxylic acids is 1. The average molecular weight is 364 g/mol. The van der Waals surface area contributed by atoms with Crippen molar-refractivity contribution in [3.8, 4) is 0 Å². The van der Waals surface area contributed by atoms with Crippen LogP contribution in [0.4, 0.5) is 0 Å². The lowest BCUT2D eigenvalue weighted by molar-refractivity contribution is -0.141. The van der Waals surface area contributed by atoms with Crippen molar-refractivity contribution in [3.63, 3.8) is 0 Å². The minimum Gasteiger partial charge on any atom is -0.478 e. The lowest BCUT2D eigenvalue weighted by atomic mass is 9.93. The molecular weight excluding hydrogens is 332 g/mol. The third-order valence-corrected chi connectivity index (χ3v) is 5.46. The van der Waals surface area contributed by atoms with Crippen molar-refractivity contribution in [2.24, 2.45) is 11.8 Å². The molecule has 3 rings (SSSR count). The van der Waals surface area contributed by atoms with Crippen LogP contribution in [0.25, 0.3) is 0 Å². The topological polar surface area (TPSA) is 72.8 Å². The monoisotopic (exact) mass is 364 g/mol. The summed E-state index contributed by atoms with van der Waals surface area (Å²) in [5.74, 6) is -0.144. The third kappa shape index (κ3) is 6.94. The molecule has 5 nitrogen and oxygen atoms in total. The highest BCUT2D eigenvalue weighted by Crippen LogP contribution is 2.34. The molecule has 0 aromatic heterocycles. The predicted octanol–water partition coefficient (Wildman–Crippen LogP) is 4.27. The van der Waals surface area contributed by atoms with Crippen LogP contribution in [0, 0.1) is 11.8 Å². The molecule has 0 amide bonds. The number of hydrogen-bond donors (Lipinski definition) is 1. The molecule has 1 unspecified atom stereocenters. The van der Waals surface area contributed by atoms with Crippen LogP contribution in [-0.2, 0) is 19.1 Å². The van der Waals surface area contributed by atoms with Crippen LogP contribution in [0.2, 0.25) is 0 Å². The van der Waals surface area contributed by atoms with Gasteiger partial charge in [-0.15, -0.1) is 0 Å². The Kier molecular flexibility index (Phi) is 8.89. The lowest BCUT2D eigenvalue weighted by Crippen LogP contribution is -2.16. The second-order valence-corrected chi connectivity index (χ2v) is 7.42. The van der Waals surface area contributed by atoms with Crippen molar-refractivity contribution >= 4 is 11.9 Å². The summed E-state index contributed by atoms with van der Waals surface area (Å²) in [5.41, 5.74) is 0.722. The van der Waals surface area contributed by atoms with Gasteiger partial charge in [0.05, 0.1) is 6.10 Å². The summed E-state index contributed by atoms with van der Waals surface area (Å²) in [5, 5.41) is 9.23. The fraction of sp³-hybridized carbons (Fsp3) is 0.714. The van der Waals surface area contributed by atoms with Gasteiger partial charge in [-0.1, -0.05) is 38.3 Å². The first kappa shape index (κ1) is 20.7. The van der Waals surface area contributed by atoms with Crippen LogP contribution < -0.4 is 0 Å². The Balaban J connectivity index is 0.000000197. The summed E-state index contributed by atoms with van der Waals surface area (Å²) in [6, 6.07) is 0. The molecule has 0 bridgehead atoms. The van der Waals surface area contributed by atoms with E-state index in [9.17, 15) is 14.7 Å². The molecule has 3 aliphatic rings. The van der Waals surface area contributed by atoms with E-state index in [1.165, 1.54) is 38.5 Å². The summed E-state index contributed by atoms with van der Waals surface area (Å²) in [7, 11) is 0. The molecule has 0 aromatic carbocycles. The van der Waals surface area contributed by atoms with E-state index in [4.69, 9.17) is 9.47 Å². The normalized spacial score (nSPS) is 24.2. The molecule has 2 aliphatic carbocycles. The maximum absolute atomic E-state index is 11.2. The number of carboxylic acids is 1. The van der Waals surface area contributed by atoms with Gasteiger partial charge < -0.3 is 14.6 Å². The number of carboxylic acid groups (broad SMARTS) is 1. The van der Waals surface area contributed by atoms with Gasteiger partial charge in [0, 0.05) is 18.3 Å². The van der Waals surface area contributed by atoms with E-state index < -0.39 is 5.97 Å². The van der Waals surface area contributed by atoms with Gasteiger partial charge in [0.1, 0.15) is 6.61 Å². The third-order valence-electron chi connectivity index (χ3n) is 5.46. The average Bonchev–Trinajstić information content (AvgIpc) is 3.41. The summed E-state index contributed by atoms with van der Waals surface area (Å²) in [4.78, 5) is 21.8. The first-order valence-corrected chi connectivity index (χ1v) is 9.96. The lowest BCUT2D eigenvalue weighted by Gasteiger charge is -2.12. The first-order chi connectivity index (χ1) is 12.6. The van der Waals surface area contributed by atoms with Gasteiger partial charge in [0.15, 0.2) is 0 Å². The predicted molar refractivity (Wildman–Crippen MR) is 99.8 cm³/mol. The van der Waals surface area contributed by atoms with Crippen molar-refractivity contribution in [1.29, 1.82) is 0 Å². The second-order valence-electron chi connectivity index (χ2n) is 7.42. The summed E-state index contributed by atoms with van der Waals surface area (Å²) >= 11 is 0. The molecule has 146 valence electrons. The van der Waals surface area contributed by atoms with E-state index in [-0.39, 0.29) is 12.1 Å². The number of ether oxygens (including phenoxy) is 2. The second kappa shape index (κ2) is 11.2. The Bertz CT molecular complexity index is 493. The SMILES string of the molecule is C=CC(=O)OCC1CCCO1.O=C(O)C(=CC1CCCC1)C1CCCC1. The maximum Gasteiger partial charge on any atom is 0.331 e. The fourth-order valence-electron chi connectivity index (χ4n) is 4.01. The van der Waals surface area contributed by atoms with Crippen LogP contribution in [0.5, 0.6) is 0 Å². The van der Waals surface area contributed by atoms with Crippen molar-refractivity contribution in [3.05, 3.63) is 24.3 Å². The summed E-state index contributed by atoms with van der Waals surface area (Å²) < 4.78 is 10.0. The van der Waals surface area contributed by atoms with Gasteiger partial charge in [-0.25, -0.2) is 9.59 Å². The van der Waals surface area contributed by atoms with Crippen molar-refractivity contribution < 1.29 is 24.2 Å². The van der Waals surface area contributed by atoms with Crippen molar-refractivity contribution in [2.75, 3.05) is 13.2 Å². The fourth-order valence-corrected chi connectivity index (χ4v) is 4.01. The van der Waals surface area contributed by atoms with E-state index in [0.29, 0.717) is 18.4 Å². The standard InChI is InChI=1S/C13H20O2.C8H12O3/c14-13(15)12(11-7-3-4-8-11)9-10-5-1-2-6-10;1-2-8(9)11-6-7-4-3-5-10-7/h9-11H,1-8H2,(H,14,15);2,7H,1,3-6H2. The molecule has 0 radical (unpaired) electrons. The Morgan fingerprint density at radius 1 is 1.04 bits per heavy atom. The van der Waals surface area contributed by atoms with Crippen LogP contribution in [0.1, 0.15) is 64.2 Å². The molecule has 1 N–H and O–H groups in total.